The summed E-state index contributed by atoms with van der Waals surface area (Å²) in [6, 6.07) is 3.80. The van der Waals surface area contributed by atoms with Gasteiger partial charge in [0.15, 0.2) is 11.5 Å². The highest BCUT2D eigenvalue weighted by Crippen LogP contribution is 2.47. The molecular weight excluding hydrogens is 422 g/mol. The van der Waals surface area contributed by atoms with Crippen molar-refractivity contribution in [2.75, 3.05) is 48.0 Å². The molecule has 0 aliphatic carbocycles. The number of likely N-dealkylation sites (tertiary alicyclic amines) is 1. The summed E-state index contributed by atoms with van der Waals surface area (Å²) < 4.78 is 16.6. The molecule has 0 bridgehead atoms. The van der Waals surface area contributed by atoms with Gasteiger partial charge >= 0.3 is 0 Å². The first-order chi connectivity index (χ1) is 16.0. The van der Waals surface area contributed by atoms with Crippen LogP contribution in [0.5, 0.6) is 17.2 Å². The average Bonchev–Trinajstić information content (AvgIpc) is 3.15. The van der Waals surface area contributed by atoms with Crippen molar-refractivity contribution < 1.29 is 23.8 Å². The molecule has 0 radical (unpaired) electrons. The maximum atomic E-state index is 13.4. The van der Waals surface area contributed by atoms with Gasteiger partial charge in [-0.2, -0.15) is 0 Å². The minimum absolute atomic E-state index is 0.0480. The highest BCUT2D eigenvalue weighted by atomic mass is 16.5. The van der Waals surface area contributed by atoms with E-state index in [0.29, 0.717) is 35.8 Å². The van der Waals surface area contributed by atoms with E-state index in [1.54, 1.807) is 39.3 Å². The number of carbonyl (C=O) groups is 2. The number of methoxy groups -OCH3 is 3. The molecule has 3 fully saturated rings. The van der Waals surface area contributed by atoms with Gasteiger partial charge in [-0.15, -0.1) is 0 Å². The fourth-order valence-corrected chi connectivity index (χ4v) is 6.07. The molecule has 0 unspecified atom stereocenters. The van der Waals surface area contributed by atoms with Crippen LogP contribution in [0.3, 0.4) is 0 Å². The molecule has 4 atom stereocenters. The van der Waals surface area contributed by atoms with Crippen LogP contribution in [0.25, 0.3) is 0 Å². The maximum absolute atomic E-state index is 13.4. The molecule has 1 aromatic carbocycles. The zero-order valence-electron chi connectivity index (χ0n) is 20.3. The molecular formula is C25H37N3O5. The zero-order valence-corrected chi connectivity index (χ0v) is 20.3. The van der Waals surface area contributed by atoms with Gasteiger partial charge in [0.05, 0.1) is 33.3 Å². The number of amides is 2. The van der Waals surface area contributed by atoms with Crippen LogP contribution in [0.2, 0.25) is 0 Å². The van der Waals surface area contributed by atoms with Gasteiger partial charge in [0, 0.05) is 31.6 Å². The van der Waals surface area contributed by atoms with Crippen LogP contribution >= 0.6 is 0 Å². The first-order valence-electron chi connectivity index (χ1n) is 12.1. The summed E-state index contributed by atoms with van der Waals surface area (Å²) in [5.74, 6) is 1.37. The lowest BCUT2D eigenvalue weighted by Crippen LogP contribution is -2.51. The van der Waals surface area contributed by atoms with E-state index < -0.39 is 12.0 Å². The van der Waals surface area contributed by atoms with Gasteiger partial charge in [0.2, 0.25) is 17.6 Å². The first-order valence-corrected chi connectivity index (χ1v) is 12.1. The van der Waals surface area contributed by atoms with Gasteiger partial charge in [-0.3, -0.25) is 9.59 Å². The van der Waals surface area contributed by atoms with E-state index in [2.05, 4.69) is 10.2 Å². The Morgan fingerprint density at radius 2 is 1.79 bits per heavy atom. The van der Waals surface area contributed by atoms with E-state index >= 15 is 0 Å². The number of ether oxygens (including phenoxy) is 3. The molecule has 1 N–H and O–H groups in total. The number of benzene rings is 1. The molecule has 3 heterocycles. The first kappa shape index (κ1) is 23.7. The number of piperidine rings is 2. The molecule has 8 nitrogen and oxygen atoms in total. The van der Waals surface area contributed by atoms with Gasteiger partial charge in [0.25, 0.3) is 0 Å². The van der Waals surface area contributed by atoms with E-state index in [-0.39, 0.29) is 18.2 Å². The SMILES string of the molecule is COc1ccc([C@H]2[C@H](C(=O)NC[C@@H]3CCCN4CCCC[C@H]34)CC(=O)N2C)c(OC)c1OC. The lowest BCUT2D eigenvalue weighted by molar-refractivity contribution is -0.128. The van der Waals surface area contributed by atoms with E-state index in [1.165, 1.54) is 38.8 Å². The normalized spacial score (nSPS) is 27.8. The Balaban J connectivity index is 1.53. The van der Waals surface area contributed by atoms with Crippen LogP contribution in [0.15, 0.2) is 12.1 Å². The highest BCUT2D eigenvalue weighted by Gasteiger charge is 2.45. The summed E-state index contributed by atoms with van der Waals surface area (Å²) in [7, 11) is 6.43. The van der Waals surface area contributed by atoms with Crippen LogP contribution in [0, 0.1) is 11.8 Å². The molecule has 3 aliphatic heterocycles. The predicted octanol–water partition coefficient (Wildman–Crippen LogP) is 2.61. The van der Waals surface area contributed by atoms with Crippen molar-refractivity contribution in [1.82, 2.24) is 15.1 Å². The molecule has 3 saturated heterocycles. The van der Waals surface area contributed by atoms with Crippen LogP contribution < -0.4 is 19.5 Å². The lowest BCUT2D eigenvalue weighted by atomic mass is 9.83. The molecule has 182 valence electrons. The molecule has 33 heavy (non-hydrogen) atoms. The highest BCUT2D eigenvalue weighted by molar-refractivity contribution is 5.90. The van der Waals surface area contributed by atoms with Gasteiger partial charge in [0.1, 0.15) is 0 Å². The second kappa shape index (κ2) is 10.2. The maximum Gasteiger partial charge on any atom is 0.226 e. The Labute approximate surface area is 196 Å². The van der Waals surface area contributed by atoms with E-state index in [1.807, 2.05) is 6.07 Å². The van der Waals surface area contributed by atoms with Crippen molar-refractivity contribution >= 4 is 11.8 Å². The summed E-state index contributed by atoms with van der Waals surface area (Å²) in [5.41, 5.74) is 0.750. The van der Waals surface area contributed by atoms with Crippen molar-refractivity contribution in [3.05, 3.63) is 17.7 Å². The minimum Gasteiger partial charge on any atom is -0.493 e. The topological polar surface area (TPSA) is 80.3 Å². The zero-order chi connectivity index (χ0) is 23.5. The van der Waals surface area contributed by atoms with Gasteiger partial charge in [-0.1, -0.05) is 6.42 Å². The Morgan fingerprint density at radius 1 is 1.03 bits per heavy atom. The molecule has 8 heteroatoms. The molecule has 2 amide bonds. The van der Waals surface area contributed by atoms with Gasteiger partial charge in [-0.25, -0.2) is 0 Å². The number of hydrogen-bond donors (Lipinski definition) is 1. The van der Waals surface area contributed by atoms with E-state index in [9.17, 15) is 9.59 Å². The van der Waals surface area contributed by atoms with Crippen LogP contribution in [0.1, 0.15) is 50.1 Å². The van der Waals surface area contributed by atoms with E-state index in [0.717, 1.165) is 12.0 Å². The van der Waals surface area contributed by atoms with Crippen LogP contribution in [-0.4, -0.2) is 75.7 Å². The summed E-state index contributed by atoms with van der Waals surface area (Å²) in [4.78, 5) is 30.3. The number of rotatable bonds is 7. The van der Waals surface area contributed by atoms with Crippen molar-refractivity contribution in [3.63, 3.8) is 0 Å². The Morgan fingerprint density at radius 3 is 2.52 bits per heavy atom. The van der Waals surface area contributed by atoms with Gasteiger partial charge in [-0.05, 0) is 56.8 Å². The monoisotopic (exact) mass is 459 g/mol. The number of fused-ring (bicyclic) bond motifs is 1. The predicted molar refractivity (Wildman–Crippen MR) is 125 cm³/mol. The summed E-state index contributed by atoms with van der Waals surface area (Å²) in [6.07, 6.45) is 6.29. The van der Waals surface area contributed by atoms with Crippen molar-refractivity contribution in [1.29, 1.82) is 0 Å². The Bertz CT molecular complexity index is 874. The third-order valence-electron chi connectivity index (χ3n) is 7.74. The van der Waals surface area contributed by atoms with Crippen molar-refractivity contribution in [3.8, 4) is 17.2 Å². The third kappa shape index (κ3) is 4.50. The molecule has 0 saturated carbocycles. The Kier molecular flexibility index (Phi) is 7.32. The van der Waals surface area contributed by atoms with Crippen LogP contribution in [-0.2, 0) is 9.59 Å². The largest absolute Gasteiger partial charge is 0.493 e. The fourth-order valence-electron chi connectivity index (χ4n) is 6.07. The summed E-state index contributed by atoms with van der Waals surface area (Å²) >= 11 is 0. The molecule has 1 aromatic rings. The summed E-state index contributed by atoms with van der Waals surface area (Å²) in [5, 5.41) is 3.22. The second-order valence-corrected chi connectivity index (χ2v) is 9.43. The average molecular weight is 460 g/mol. The quantitative estimate of drug-likeness (QED) is 0.675. The standard InChI is InChI=1S/C25H37N3O5/c1-27-21(29)14-18(22(27)17-10-11-20(31-2)24(33-4)23(17)32-3)25(30)26-15-16-8-7-13-28-12-6-5-9-19(16)28/h10-11,16,18-19,22H,5-9,12-15H2,1-4H3,(H,26,30)/t16-,18+,19+,22-/m0/s1. The van der Waals surface area contributed by atoms with Crippen LogP contribution in [0.4, 0.5) is 0 Å². The molecule has 0 spiro atoms. The summed E-state index contributed by atoms with van der Waals surface area (Å²) in [6.45, 7) is 3.03. The smallest absolute Gasteiger partial charge is 0.226 e. The number of nitrogens with one attached hydrogen (secondary N) is 1. The van der Waals surface area contributed by atoms with E-state index in [4.69, 9.17) is 14.2 Å². The van der Waals surface area contributed by atoms with Gasteiger partial charge < -0.3 is 29.3 Å². The lowest BCUT2D eigenvalue weighted by Gasteiger charge is -2.44. The molecule has 0 aromatic heterocycles. The van der Waals surface area contributed by atoms with Crippen molar-refractivity contribution in [2.24, 2.45) is 11.8 Å². The number of hydrogen-bond acceptors (Lipinski definition) is 6. The Hall–Kier alpha value is -2.48. The third-order valence-corrected chi connectivity index (χ3v) is 7.74. The number of carbonyl (C=O) groups excluding carboxylic acids is 2. The van der Waals surface area contributed by atoms with Crippen molar-refractivity contribution in [2.45, 2.75) is 50.6 Å². The fraction of sp³-hybridized carbons (Fsp3) is 0.680. The molecule has 4 rings (SSSR count). The molecule has 3 aliphatic rings. The second-order valence-electron chi connectivity index (χ2n) is 9.43. The number of nitrogens with zero attached hydrogens (tertiary/aromatic N) is 2. The minimum atomic E-state index is -0.486.